The van der Waals surface area contributed by atoms with Gasteiger partial charge in [-0.15, -0.1) is 0 Å². The van der Waals surface area contributed by atoms with Crippen LogP contribution >= 0.6 is 0 Å². The van der Waals surface area contributed by atoms with Crippen LogP contribution in [0.25, 0.3) is 0 Å². The van der Waals surface area contributed by atoms with Crippen LogP contribution in [0.4, 0.5) is 0 Å². The van der Waals surface area contributed by atoms with E-state index in [2.05, 4.69) is 22.4 Å². The monoisotopic (exact) mass is 217 g/mol. The second kappa shape index (κ2) is 4.81. The van der Waals surface area contributed by atoms with Crippen LogP contribution in [-0.4, -0.2) is 15.3 Å². The number of nitrogens with one attached hydrogen (secondary N) is 2. The number of aromatic amines is 1. The highest BCUT2D eigenvalue weighted by molar-refractivity contribution is 5.31. The van der Waals surface area contributed by atoms with Gasteiger partial charge in [0.1, 0.15) is 5.75 Å². The molecule has 0 aliphatic heterocycles. The molecule has 4 heteroatoms. The van der Waals surface area contributed by atoms with Gasteiger partial charge in [-0.3, -0.25) is 5.10 Å². The molecule has 84 valence electrons. The minimum Gasteiger partial charge on any atom is -0.508 e. The van der Waals surface area contributed by atoms with Crippen molar-refractivity contribution in [2.24, 2.45) is 0 Å². The number of benzene rings is 1. The first-order valence-corrected chi connectivity index (χ1v) is 5.26. The van der Waals surface area contributed by atoms with Gasteiger partial charge in [0.05, 0.1) is 6.20 Å². The molecule has 0 bridgehead atoms. The van der Waals surface area contributed by atoms with Gasteiger partial charge in [-0.05, 0) is 13.0 Å². The van der Waals surface area contributed by atoms with Crippen LogP contribution in [0, 0.1) is 0 Å². The van der Waals surface area contributed by atoms with Gasteiger partial charge in [-0.2, -0.15) is 5.10 Å². The van der Waals surface area contributed by atoms with Crippen molar-refractivity contribution < 1.29 is 5.11 Å². The highest BCUT2D eigenvalue weighted by Crippen LogP contribution is 2.17. The molecule has 0 spiro atoms. The molecule has 4 nitrogen and oxygen atoms in total. The van der Waals surface area contributed by atoms with Gasteiger partial charge in [0.2, 0.25) is 0 Å². The molecular weight excluding hydrogens is 202 g/mol. The van der Waals surface area contributed by atoms with Crippen LogP contribution in [0.15, 0.2) is 36.7 Å². The summed E-state index contributed by atoms with van der Waals surface area (Å²) in [6, 6.07) is 7.54. The molecule has 0 aliphatic rings. The van der Waals surface area contributed by atoms with Crippen LogP contribution in [-0.2, 0) is 6.54 Å². The standard InChI is InChI=1S/C12H15N3O/c1-9(11-7-14-15-8-11)13-6-10-4-2-3-5-12(10)16/h2-5,7-9,13,16H,6H2,1H3,(H,14,15). The molecule has 0 amide bonds. The maximum Gasteiger partial charge on any atom is 0.120 e. The first-order chi connectivity index (χ1) is 7.77. The van der Waals surface area contributed by atoms with E-state index < -0.39 is 0 Å². The Morgan fingerprint density at radius 3 is 2.94 bits per heavy atom. The van der Waals surface area contributed by atoms with Crippen molar-refractivity contribution in [1.82, 2.24) is 15.5 Å². The summed E-state index contributed by atoms with van der Waals surface area (Å²) < 4.78 is 0. The van der Waals surface area contributed by atoms with Crippen molar-refractivity contribution in [2.45, 2.75) is 19.5 Å². The molecule has 0 fully saturated rings. The number of rotatable bonds is 4. The highest BCUT2D eigenvalue weighted by Gasteiger charge is 2.06. The van der Waals surface area contributed by atoms with Gasteiger partial charge < -0.3 is 10.4 Å². The minimum atomic E-state index is 0.207. The predicted molar refractivity (Wildman–Crippen MR) is 61.9 cm³/mol. The highest BCUT2D eigenvalue weighted by atomic mass is 16.3. The Morgan fingerprint density at radius 2 is 2.25 bits per heavy atom. The van der Waals surface area contributed by atoms with E-state index in [1.807, 2.05) is 24.4 Å². The molecular formula is C12H15N3O. The quantitative estimate of drug-likeness (QED) is 0.733. The second-order valence-corrected chi connectivity index (χ2v) is 3.76. The molecule has 1 atom stereocenters. The summed E-state index contributed by atoms with van der Waals surface area (Å²) in [6.45, 7) is 2.70. The van der Waals surface area contributed by atoms with Crippen LogP contribution in [0.2, 0.25) is 0 Å². The largest absolute Gasteiger partial charge is 0.508 e. The molecule has 0 radical (unpaired) electrons. The zero-order valence-corrected chi connectivity index (χ0v) is 9.14. The van der Waals surface area contributed by atoms with Crippen molar-refractivity contribution in [2.75, 3.05) is 0 Å². The molecule has 2 rings (SSSR count). The van der Waals surface area contributed by atoms with Gasteiger partial charge >= 0.3 is 0 Å². The fourth-order valence-corrected chi connectivity index (χ4v) is 1.54. The van der Waals surface area contributed by atoms with Gasteiger partial charge in [-0.1, -0.05) is 18.2 Å². The van der Waals surface area contributed by atoms with Crippen molar-refractivity contribution in [1.29, 1.82) is 0 Å². The lowest BCUT2D eigenvalue weighted by molar-refractivity contribution is 0.460. The normalized spacial score (nSPS) is 12.6. The summed E-state index contributed by atoms with van der Waals surface area (Å²) in [6.07, 6.45) is 3.66. The predicted octanol–water partition coefficient (Wildman–Crippen LogP) is 1.97. The van der Waals surface area contributed by atoms with Crippen LogP contribution in [0.3, 0.4) is 0 Å². The third kappa shape index (κ3) is 2.41. The number of phenolic OH excluding ortho intramolecular Hbond substituents is 1. The maximum atomic E-state index is 9.60. The Bertz CT molecular complexity index is 439. The topological polar surface area (TPSA) is 60.9 Å². The molecule has 3 N–H and O–H groups in total. The molecule has 1 unspecified atom stereocenters. The zero-order chi connectivity index (χ0) is 11.4. The summed E-state index contributed by atoms with van der Waals surface area (Å²) in [5, 5.41) is 19.6. The smallest absolute Gasteiger partial charge is 0.120 e. The van der Waals surface area contributed by atoms with E-state index in [9.17, 15) is 5.11 Å². The average Bonchev–Trinajstić information content (AvgIpc) is 2.81. The molecule has 1 aromatic carbocycles. The van der Waals surface area contributed by atoms with E-state index in [0.29, 0.717) is 12.3 Å². The summed E-state index contributed by atoms with van der Waals surface area (Å²) in [5.41, 5.74) is 2.01. The Kier molecular flexibility index (Phi) is 3.22. The van der Waals surface area contributed by atoms with Crippen LogP contribution in [0.5, 0.6) is 5.75 Å². The fourth-order valence-electron chi connectivity index (χ4n) is 1.54. The van der Waals surface area contributed by atoms with Crippen LogP contribution < -0.4 is 5.32 Å². The number of nitrogens with zero attached hydrogens (tertiary/aromatic N) is 1. The lowest BCUT2D eigenvalue weighted by atomic mass is 10.1. The molecule has 2 aromatic rings. The Hall–Kier alpha value is -1.81. The third-order valence-electron chi connectivity index (χ3n) is 2.61. The lowest BCUT2D eigenvalue weighted by Crippen LogP contribution is -2.17. The third-order valence-corrected chi connectivity index (χ3v) is 2.61. The lowest BCUT2D eigenvalue weighted by Gasteiger charge is -2.12. The number of phenols is 1. The van der Waals surface area contributed by atoms with Crippen molar-refractivity contribution >= 4 is 0 Å². The fraction of sp³-hybridized carbons (Fsp3) is 0.250. The van der Waals surface area contributed by atoms with E-state index in [0.717, 1.165) is 11.1 Å². The SMILES string of the molecule is CC(NCc1ccccc1O)c1cn[nH]c1. The average molecular weight is 217 g/mol. The van der Waals surface area contributed by atoms with Gasteiger partial charge in [0.25, 0.3) is 0 Å². The van der Waals surface area contributed by atoms with E-state index in [1.54, 1.807) is 12.3 Å². The van der Waals surface area contributed by atoms with Crippen molar-refractivity contribution in [3.63, 3.8) is 0 Å². The molecule has 0 aliphatic carbocycles. The van der Waals surface area contributed by atoms with Crippen molar-refractivity contribution in [3.8, 4) is 5.75 Å². The molecule has 1 heterocycles. The first kappa shape index (κ1) is 10.7. The summed E-state index contributed by atoms with van der Waals surface area (Å²) >= 11 is 0. The van der Waals surface area contributed by atoms with Gasteiger partial charge in [0, 0.05) is 29.9 Å². The van der Waals surface area contributed by atoms with Gasteiger partial charge in [0.15, 0.2) is 0 Å². The number of H-pyrrole nitrogens is 1. The Morgan fingerprint density at radius 1 is 1.44 bits per heavy atom. The van der Waals surface area contributed by atoms with E-state index >= 15 is 0 Å². The maximum absolute atomic E-state index is 9.60. The molecule has 0 saturated carbocycles. The van der Waals surface area contributed by atoms with Crippen LogP contribution in [0.1, 0.15) is 24.1 Å². The number of aromatic hydroxyl groups is 1. The molecule has 0 saturated heterocycles. The van der Waals surface area contributed by atoms with Crippen molar-refractivity contribution in [3.05, 3.63) is 47.8 Å². The number of aromatic nitrogens is 2. The Labute approximate surface area is 94.3 Å². The molecule has 1 aromatic heterocycles. The second-order valence-electron chi connectivity index (χ2n) is 3.76. The number of para-hydroxylation sites is 1. The number of hydrogen-bond acceptors (Lipinski definition) is 3. The van der Waals surface area contributed by atoms with E-state index in [1.165, 1.54) is 0 Å². The van der Waals surface area contributed by atoms with E-state index in [-0.39, 0.29) is 6.04 Å². The summed E-state index contributed by atoms with van der Waals surface area (Å²) in [5.74, 6) is 0.328. The first-order valence-electron chi connectivity index (χ1n) is 5.26. The molecule has 16 heavy (non-hydrogen) atoms. The summed E-state index contributed by atoms with van der Waals surface area (Å²) in [4.78, 5) is 0. The van der Waals surface area contributed by atoms with E-state index in [4.69, 9.17) is 0 Å². The summed E-state index contributed by atoms with van der Waals surface area (Å²) in [7, 11) is 0. The number of hydrogen-bond donors (Lipinski definition) is 3. The zero-order valence-electron chi connectivity index (χ0n) is 9.14. The van der Waals surface area contributed by atoms with Gasteiger partial charge in [-0.25, -0.2) is 0 Å². The Balaban J connectivity index is 1.95. The minimum absolute atomic E-state index is 0.207.